The number of nitrogens with zero attached hydrogens (tertiary/aromatic N) is 1. The van der Waals surface area contributed by atoms with Crippen molar-refractivity contribution in [1.82, 2.24) is 15.5 Å². The van der Waals surface area contributed by atoms with E-state index in [9.17, 15) is 19.5 Å². The number of nitrogens with one attached hydrogen (secondary N) is 2. The zero-order valence-corrected chi connectivity index (χ0v) is 23.4. The first-order chi connectivity index (χ1) is 19.5. The smallest absolute Gasteiger partial charge is 0.326 e. The number of thioether (sulfide) groups is 1. The molecule has 0 radical (unpaired) electrons. The van der Waals surface area contributed by atoms with E-state index in [1.165, 1.54) is 16.7 Å². The fraction of sp³-hybridized carbons (Fsp3) is 0.387. The molecule has 1 aliphatic rings. The number of aliphatic carboxylic acids is 1. The topological polar surface area (TPSA) is 125 Å². The molecule has 0 aliphatic carbocycles. The van der Waals surface area contributed by atoms with E-state index < -0.39 is 18.1 Å². The van der Waals surface area contributed by atoms with Gasteiger partial charge in [0.15, 0.2) is 0 Å². The van der Waals surface area contributed by atoms with Crippen molar-refractivity contribution in [3.8, 4) is 0 Å². The summed E-state index contributed by atoms with van der Waals surface area (Å²) in [6.07, 6.45) is 2.35. The minimum atomic E-state index is -1.05. The van der Waals surface area contributed by atoms with Gasteiger partial charge in [-0.3, -0.25) is 9.59 Å². The first kappa shape index (κ1) is 29.6. The molecule has 1 saturated heterocycles. The van der Waals surface area contributed by atoms with Gasteiger partial charge in [-0.05, 0) is 41.3 Å². The van der Waals surface area contributed by atoms with Crippen LogP contribution in [-0.4, -0.2) is 70.5 Å². The first-order valence-electron chi connectivity index (χ1n) is 13.8. The van der Waals surface area contributed by atoms with Gasteiger partial charge < -0.3 is 26.4 Å². The maximum absolute atomic E-state index is 13.5. The highest BCUT2D eigenvalue weighted by atomic mass is 32.2. The third-order valence-electron chi connectivity index (χ3n) is 7.27. The van der Waals surface area contributed by atoms with E-state index in [0.717, 1.165) is 34.7 Å². The molecule has 4 rings (SSSR count). The normalized spacial score (nSPS) is 19.3. The Labute approximate surface area is 239 Å². The lowest BCUT2D eigenvalue weighted by atomic mass is 10.0. The molecule has 1 fully saturated rings. The predicted octanol–water partition coefficient (Wildman–Crippen LogP) is 3.18. The number of amides is 2. The monoisotopic (exact) mass is 562 g/mol. The van der Waals surface area contributed by atoms with Crippen LogP contribution in [0.15, 0.2) is 72.8 Å². The molecule has 40 heavy (non-hydrogen) atoms. The molecule has 0 saturated carbocycles. The van der Waals surface area contributed by atoms with Gasteiger partial charge in [0.05, 0.1) is 11.8 Å². The summed E-state index contributed by atoms with van der Waals surface area (Å²) in [6, 6.07) is 21.7. The third kappa shape index (κ3) is 8.06. The molecule has 8 nitrogen and oxygen atoms in total. The Morgan fingerprint density at radius 1 is 1.05 bits per heavy atom. The molecular formula is C31H38N4O4S. The minimum Gasteiger partial charge on any atom is -0.480 e. The second-order valence-corrected chi connectivity index (χ2v) is 11.2. The van der Waals surface area contributed by atoms with E-state index in [1.54, 1.807) is 0 Å². The number of hydrogen-bond donors (Lipinski definition) is 4. The Kier molecular flexibility index (Phi) is 11.0. The number of hydrogen-bond acceptors (Lipinski definition) is 6. The maximum Gasteiger partial charge on any atom is 0.326 e. The van der Waals surface area contributed by atoms with Crippen LogP contribution in [0.2, 0.25) is 0 Å². The number of nitrogens with two attached hydrogens (primary N) is 1. The number of carbonyl (C=O) groups excluding carboxylic acids is 2. The van der Waals surface area contributed by atoms with Crippen LogP contribution in [-0.2, 0) is 27.3 Å². The van der Waals surface area contributed by atoms with Gasteiger partial charge in [-0.15, -0.1) is 11.8 Å². The van der Waals surface area contributed by atoms with Crippen molar-refractivity contribution in [2.45, 2.75) is 50.4 Å². The number of unbranched alkanes of at least 4 members (excludes halogenated alkanes) is 1. The van der Waals surface area contributed by atoms with E-state index in [-0.39, 0.29) is 36.6 Å². The average molecular weight is 563 g/mol. The van der Waals surface area contributed by atoms with Crippen LogP contribution < -0.4 is 16.4 Å². The van der Waals surface area contributed by atoms with Crippen LogP contribution >= 0.6 is 11.8 Å². The van der Waals surface area contributed by atoms with Crippen LogP contribution in [0, 0.1) is 0 Å². The van der Waals surface area contributed by atoms with Gasteiger partial charge in [0, 0.05) is 31.3 Å². The number of carboxylic acids is 1. The maximum atomic E-state index is 13.5. The number of carboxylic acid groups (broad SMARTS) is 1. The second-order valence-electron chi connectivity index (χ2n) is 10.2. The molecule has 0 spiro atoms. The highest BCUT2D eigenvalue weighted by molar-refractivity contribution is 8.00. The van der Waals surface area contributed by atoms with Gasteiger partial charge in [0.1, 0.15) is 6.04 Å². The summed E-state index contributed by atoms with van der Waals surface area (Å²) in [7, 11) is 0. The summed E-state index contributed by atoms with van der Waals surface area (Å²) in [6.45, 7) is 1.17. The van der Waals surface area contributed by atoms with E-state index >= 15 is 0 Å². The summed E-state index contributed by atoms with van der Waals surface area (Å²) < 4.78 is 0. The Morgan fingerprint density at radius 2 is 1.80 bits per heavy atom. The fourth-order valence-corrected chi connectivity index (χ4v) is 6.07. The van der Waals surface area contributed by atoms with Crippen molar-refractivity contribution in [3.05, 3.63) is 83.9 Å². The molecule has 3 atom stereocenters. The minimum absolute atomic E-state index is 0.105. The Bertz CT molecular complexity index is 1280. The Morgan fingerprint density at radius 3 is 2.58 bits per heavy atom. The van der Waals surface area contributed by atoms with Crippen LogP contribution in [0.1, 0.15) is 30.4 Å². The van der Waals surface area contributed by atoms with E-state index in [2.05, 4.69) is 34.9 Å². The van der Waals surface area contributed by atoms with E-state index in [4.69, 9.17) is 5.73 Å². The lowest BCUT2D eigenvalue weighted by Gasteiger charge is -2.35. The van der Waals surface area contributed by atoms with Crippen molar-refractivity contribution < 1.29 is 19.5 Å². The van der Waals surface area contributed by atoms with E-state index in [0.29, 0.717) is 25.3 Å². The molecule has 2 amide bonds. The predicted molar refractivity (Wildman–Crippen MR) is 160 cm³/mol. The van der Waals surface area contributed by atoms with Crippen LogP contribution in [0.3, 0.4) is 0 Å². The molecule has 212 valence electrons. The fourth-order valence-electron chi connectivity index (χ4n) is 5.11. The molecule has 9 heteroatoms. The number of benzene rings is 3. The SMILES string of the molecule is NCCCC[C@H]1CN([C@@H](Cc2ccccc2)C(=O)O)C(=O)CSC[C@H](NCc2cccc3ccccc23)C(=O)N1. The molecule has 3 aromatic rings. The first-order valence-corrected chi connectivity index (χ1v) is 15.0. The summed E-state index contributed by atoms with van der Waals surface area (Å²) in [5.74, 6) is -0.938. The van der Waals surface area contributed by atoms with Gasteiger partial charge in [-0.25, -0.2) is 4.79 Å². The van der Waals surface area contributed by atoms with Crippen molar-refractivity contribution in [3.63, 3.8) is 0 Å². The van der Waals surface area contributed by atoms with Crippen molar-refractivity contribution in [1.29, 1.82) is 0 Å². The number of fused-ring (bicyclic) bond motifs is 1. The summed E-state index contributed by atoms with van der Waals surface area (Å²) in [5, 5.41) is 18.9. The number of rotatable bonds is 11. The Balaban J connectivity index is 1.51. The molecule has 0 aromatic heterocycles. The third-order valence-corrected chi connectivity index (χ3v) is 8.29. The number of carbonyl (C=O) groups is 3. The quantitative estimate of drug-likeness (QED) is 0.265. The molecule has 1 heterocycles. The van der Waals surface area contributed by atoms with Gasteiger partial charge in [-0.2, -0.15) is 0 Å². The van der Waals surface area contributed by atoms with E-state index in [1.807, 2.05) is 48.5 Å². The van der Waals surface area contributed by atoms with Gasteiger partial charge in [0.25, 0.3) is 0 Å². The van der Waals surface area contributed by atoms with Crippen LogP contribution in [0.25, 0.3) is 10.8 Å². The molecule has 3 aromatic carbocycles. The van der Waals surface area contributed by atoms with Crippen LogP contribution in [0.4, 0.5) is 0 Å². The largest absolute Gasteiger partial charge is 0.480 e. The van der Waals surface area contributed by atoms with Crippen molar-refractivity contribution in [2.75, 3.05) is 24.6 Å². The zero-order valence-electron chi connectivity index (χ0n) is 22.6. The summed E-state index contributed by atoms with van der Waals surface area (Å²) >= 11 is 1.35. The van der Waals surface area contributed by atoms with Crippen LogP contribution in [0.5, 0.6) is 0 Å². The summed E-state index contributed by atoms with van der Waals surface area (Å²) in [5.41, 5.74) is 7.65. The van der Waals surface area contributed by atoms with Gasteiger partial charge in [0.2, 0.25) is 11.8 Å². The molecule has 5 N–H and O–H groups in total. The lowest BCUT2D eigenvalue weighted by molar-refractivity contribution is -0.149. The van der Waals surface area contributed by atoms with Gasteiger partial charge in [-0.1, -0.05) is 79.2 Å². The zero-order chi connectivity index (χ0) is 28.3. The standard InChI is InChI=1S/C31H38N4O4S/c32-16-7-6-14-25-19-35(28(31(38)39)17-22-9-2-1-3-10-22)29(36)21-40-20-27(30(37)34-25)33-18-24-13-8-12-23-11-4-5-15-26(23)24/h1-5,8-13,15,25,27-28,33H,6-7,14,16-21,32H2,(H,34,37)(H,38,39)/t25-,27-,28-/m0/s1. The highest BCUT2D eigenvalue weighted by Crippen LogP contribution is 2.20. The Hall–Kier alpha value is -3.40. The molecular weight excluding hydrogens is 524 g/mol. The average Bonchev–Trinajstić information content (AvgIpc) is 2.96. The summed E-state index contributed by atoms with van der Waals surface area (Å²) in [4.78, 5) is 40.8. The molecule has 0 unspecified atom stereocenters. The molecule has 0 bridgehead atoms. The van der Waals surface area contributed by atoms with Gasteiger partial charge >= 0.3 is 5.97 Å². The molecule has 1 aliphatic heterocycles. The van der Waals surface area contributed by atoms with Crippen molar-refractivity contribution >= 4 is 40.3 Å². The highest BCUT2D eigenvalue weighted by Gasteiger charge is 2.34. The second kappa shape index (κ2) is 14.8. The van der Waals surface area contributed by atoms with Crippen molar-refractivity contribution in [2.24, 2.45) is 5.73 Å². The lowest BCUT2D eigenvalue weighted by Crippen LogP contribution is -2.57.